The van der Waals surface area contributed by atoms with Crippen molar-refractivity contribution in [1.82, 2.24) is 0 Å². The van der Waals surface area contributed by atoms with E-state index in [-0.39, 0.29) is 11.7 Å². The molecule has 1 aliphatic rings. The molecule has 1 aromatic carbocycles. The van der Waals surface area contributed by atoms with E-state index in [0.717, 1.165) is 24.0 Å². The average molecular weight is 260 g/mol. The normalized spacial score (nSPS) is 23.1. The van der Waals surface area contributed by atoms with Gasteiger partial charge in [-0.05, 0) is 32.3 Å². The molecule has 0 saturated heterocycles. The quantitative estimate of drug-likeness (QED) is 0.848. The summed E-state index contributed by atoms with van der Waals surface area (Å²) in [5, 5.41) is 9.27. The Morgan fingerprint density at radius 3 is 2.32 bits per heavy atom. The molecule has 1 aliphatic carbocycles. The van der Waals surface area contributed by atoms with Gasteiger partial charge in [-0.1, -0.05) is 36.6 Å². The Labute approximate surface area is 113 Å². The molecule has 1 N–H and O–H groups in total. The molecule has 19 heavy (non-hydrogen) atoms. The highest BCUT2D eigenvalue weighted by molar-refractivity contribution is 6.01. The van der Waals surface area contributed by atoms with Crippen LogP contribution in [0.1, 0.15) is 47.2 Å². The summed E-state index contributed by atoms with van der Waals surface area (Å²) in [5.41, 5.74) is 2.75. The van der Waals surface area contributed by atoms with Crippen LogP contribution in [0.3, 0.4) is 0 Å². The Balaban J connectivity index is 2.28. The van der Waals surface area contributed by atoms with Crippen LogP contribution < -0.4 is 0 Å². The molecule has 1 saturated carbocycles. The van der Waals surface area contributed by atoms with Gasteiger partial charge >= 0.3 is 5.97 Å². The highest BCUT2D eigenvalue weighted by Gasteiger charge is 2.36. The Morgan fingerprint density at radius 1 is 1.11 bits per heavy atom. The topological polar surface area (TPSA) is 54.4 Å². The van der Waals surface area contributed by atoms with Crippen molar-refractivity contribution in [2.24, 2.45) is 11.8 Å². The zero-order chi connectivity index (χ0) is 14.0. The second-order valence-corrected chi connectivity index (χ2v) is 5.52. The molecule has 1 fully saturated rings. The molecule has 0 spiro atoms. The summed E-state index contributed by atoms with van der Waals surface area (Å²) in [5.74, 6) is -1.69. The molecule has 0 heterocycles. The largest absolute Gasteiger partial charge is 0.481 e. The lowest BCUT2D eigenvalue weighted by molar-refractivity contribution is -0.144. The highest BCUT2D eigenvalue weighted by atomic mass is 16.4. The third-order valence-electron chi connectivity index (χ3n) is 4.07. The average Bonchev–Trinajstić information content (AvgIpc) is 2.38. The van der Waals surface area contributed by atoms with Crippen molar-refractivity contribution < 1.29 is 14.7 Å². The first kappa shape index (κ1) is 13.8. The molecule has 0 aliphatic heterocycles. The van der Waals surface area contributed by atoms with Gasteiger partial charge in [-0.2, -0.15) is 0 Å². The standard InChI is InChI=1S/C16H20O3/c1-10-7-8-12(11(2)9-10)15(17)13-5-3-4-6-14(13)16(18)19/h7-9,13-14H,3-6H2,1-2H3,(H,18,19)/t13-,14+/m0/s1. The number of carbonyl (C=O) groups is 2. The van der Waals surface area contributed by atoms with Crippen molar-refractivity contribution in [3.05, 3.63) is 34.9 Å². The van der Waals surface area contributed by atoms with E-state index in [4.69, 9.17) is 0 Å². The number of aryl methyl sites for hydroxylation is 2. The second kappa shape index (κ2) is 5.55. The van der Waals surface area contributed by atoms with E-state index in [0.29, 0.717) is 18.4 Å². The lowest BCUT2D eigenvalue weighted by Crippen LogP contribution is -2.33. The SMILES string of the molecule is Cc1ccc(C(=O)[C@H]2CCCC[C@H]2C(=O)O)c(C)c1. The van der Waals surface area contributed by atoms with Gasteiger partial charge in [0.05, 0.1) is 5.92 Å². The lowest BCUT2D eigenvalue weighted by atomic mass is 9.75. The third-order valence-corrected chi connectivity index (χ3v) is 4.07. The maximum atomic E-state index is 12.6. The van der Waals surface area contributed by atoms with Gasteiger partial charge in [0.2, 0.25) is 0 Å². The molecule has 102 valence electrons. The molecule has 0 aromatic heterocycles. The summed E-state index contributed by atoms with van der Waals surface area (Å²) in [6.45, 7) is 3.90. The van der Waals surface area contributed by atoms with Crippen LogP contribution in [0.25, 0.3) is 0 Å². The van der Waals surface area contributed by atoms with Crippen LogP contribution in [0.2, 0.25) is 0 Å². The fourth-order valence-electron chi connectivity index (χ4n) is 3.03. The zero-order valence-corrected chi connectivity index (χ0v) is 11.5. The minimum absolute atomic E-state index is 0.00426. The van der Waals surface area contributed by atoms with E-state index >= 15 is 0 Å². The van der Waals surface area contributed by atoms with Gasteiger partial charge in [0.1, 0.15) is 0 Å². The Kier molecular flexibility index (Phi) is 4.03. The molecular formula is C16H20O3. The van der Waals surface area contributed by atoms with Gasteiger partial charge in [0.15, 0.2) is 5.78 Å². The summed E-state index contributed by atoms with van der Waals surface area (Å²) in [6.07, 6.45) is 3.18. The van der Waals surface area contributed by atoms with Gasteiger partial charge in [-0.15, -0.1) is 0 Å². The lowest BCUT2D eigenvalue weighted by Gasteiger charge is -2.27. The number of Topliss-reactive ketones (excluding diaryl/α,β-unsaturated/α-hetero) is 1. The maximum Gasteiger partial charge on any atom is 0.307 e. The van der Waals surface area contributed by atoms with E-state index in [1.165, 1.54) is 0 Å². The van der Waals surface area contributed by atoms with Crippen LogP contribution in [0.4, 0.5) is 0 Å². The summed E-state index contributed by atoms with van der Waals surface area (Å²) in [4.78, 5) is 23.9. The van der Waals surface area contributed by atoms with Gasteiger partial charge in [0.25, 0.3) is 0 Å². The molecule has 2 rings (SSSR count). The van der Waals surface area contributed by atoms with Crippen LogP contribution in [-0.4, -0.2) is 16.9 Å². The van der Waals surface area contributed by atoms with E-state index < -0.39 is 11.9 Å². The van der Waals surface area contributed by atoms with Crippen molar-refractivity contribution in [3.8, 4) is 0 Å². The van der Waals surface area contributed by atoms with Gasteiger partial charge in [0, 0.05) is 11.5 Å². The summed E-state index contributed by atoms with van der Waals surface area (Å²) < 4.78 is 0. The van der Waals surface area contributed by atoms with E-state index in [9.17, 15) is 14.7 Å². The molecule has 1 aromatic rings. The number of ketones is 1. The highest BCUT2D eigenvalue weighted by Crippen LogP contribution is 2.33. The number of benzene rings is 1. The van der Waals surface area contributed by atoms with Gasteiger partial charge in [-0.3, -0.25) is 9.59 Å². The number of rotatable bonds is 3. The van der Waals surface area contributed by atoms with Crippen LogP contribution in [0, 0.1) is 25.7 Å². The first-order valence-corrected chi connectivity index (χ1v) is 6.85. The maximum absolute atomic E-state index is 12.6. The molecule has 0 unspecified atom stereocenters. The van der Waals surface area contributed by atoms with E-state index in [1.807, 2.05) is 32.0 Å². The predicted octanol–water partition coefficient (Wildman–Crippen LogP) is 3.38. The Hall–Kier alpha value is -1.64. The summed E-state index contributed by atoms with van der Waals surface area (Å²) in [7, 11) is 0. The molecule has 0 bridgehead atoms. The second-order valence-electron chi connectivity index (χ2n) is 5.52. The van der Waals surface area contributed by atoms with Crippen LogP contribution in [0.5, 0.6) is 0 Å². The molecule has 0 amide bonds. The van der Waals surface area contributed by atoms with Crippen molar-refractivity contribution in [2.75, 3.05) is 0 Å². The number of hydrogen-bond acceptors (Lipinski definition) is 2. The van der Waals surface area contributed by atoms with Crippen LogP contribution in [-0.2, 0) is 4.79 Å². The van der Waals surface area contributed by atoms with Gasteiger partial charge in [-0.25, -0.2) is 0 Å². The first-order valence-electron chi connectivity index (χ1n) is 6.85. The van der Waals surface area contributed by atoms with Crippen molar-refractivity contribution in [3.63, 3.8) is 0 Å². The van der Waals surface area contributed by atoms with E-state index in [1.54, 1.807) is 0 Å². The zero-order valence-electron chi connectivity index (χ0n) is 11.5. The fourth-order valence-corrected chi connectivity index (χ4v) is 3.03. The minimum Gasteiger partial charge on any atom is -0.481 e. The number of carbonyl (C=O) groups excluding carboxylic acids is 1. The van der Waals surface area contributed by atoms with Crippen LogP contribution >= 0.6 is 0 Å². The molecule has 0 radical (unpaired) electrons. The molecule has 3 heteroatoms. The molecule has 3 nitrogen and oxygen atoms in total. The van der Waals surface area contributed by atoms with Crippen LogP contribution in [0.15, 0.2) is 18.2 Å². The Morgan fingerprint density at radius 2 is 1.74 bits per heavy atom. The number of carboxylic acids is 1. The third kappa shape index (κ3) is 2.86. The van der Waals surface area contributed by atoms with Gasteiger partial charge < -0.3 is 5.11 Å². The smallest absolute Gasteiger partial charge is 0.307 e. The summed E-state index contributed by atoms with van der Waals surface area (Å²) >= 11 is 0. The predicted molar refractivity (Wildman–Crippen MR) is 73.3 cm³/mol. The number of hydrogen-bond donors (Lipinski definition) is 1. The van der Waals surface area contributed by atoms with Crippen molar-refractivity contribution >= 4 is 11.8 Å². The number of aliphatic carboxylic acids is 1. The van der Waals surface area contributed by atoms with Crippen molar-refractivity contribution in [1.29, 1.82) is 0 Å². The summed E-state index contributed by atoms with van der Waals surface area (Å²) in [6, 6.07) is 5.73. The fraction of sp³-hybridized carbons (Fsp3) is 0.500. The molecule has 2 atom stereocenters. The first-order chi connectivity index (χ1) is 9.00. The Bertz CT molecular complexity index is 505. The minimum atomic E-state index is -0.831. The monoisotopic (exact) mass is 260 g/mol. The van der Waals surface area contributed by atoms with Crippen molar-refractivity contribution in [2.45, 2.75) is 39.5 Å². The number of carboxylic acid groups (broad SMARTS) is 1. The molecular weight excluding hydrogens is 240 g/mol. The van der Waals surface area contributed by atoms with E-state index in [2.05, 4.69) is 0 Å².